The monoisotopic (exact) mass is 383 g/mol. The normalized spacial score (nSPS) is 17.4. The summed E-state index contributed by atoms with van der Waals surface area (Å²) in [6, 6.07) is 18.2. The van der Waals surface area contributed by atoms with Gasteiger partial charge in [0.15, 0.2) is 13.6 Å². The first-order valence-electron chi connectivity index (χ1n) is 9.98. The second kappa shape index (κ2) is 7.68. The van der Waals surface area contributed by atoms with Gasteiger partial charge in [0.05, 0.1) is 11.4 Å². The maximum atomic E-state index is 6.02. The first kappa shape index (κ1) is 17.9. The van der Waals surface area contributed by atoms with Gasteiger partial charge in [-0.3, -0.25) is 0 Å². The van der Waals surface area contributed by atoms with Crippen molar-refractivity contribution in [1.82, 2.24) is 24.6 Å². The molecule has 4 aromatic rings. The van der Waals surface area contributed by atoms with Gasteiger partial charge in [-0.2, -0.15) is 5.10 Å². The number of hydrogen-bond donors (Lipinski definition) is 0. The molecule has 0 saturated carbocycles. The molecule has 1 saturated heterocycles. The fraction of sp³-hybridized carbons (Fsp3) is 0.227. The third kappa shape index (κ3) is 3.61. The SMILES string of the molecule is BN1CCCC(n2nc(-c3cccc(Oc4ccccc4)c3)c3cncnc32)C1. The van der Waals surface area contributed by atoms with Crippen LogP contribution < -0.4 is 4.74 Å². The second-order valence-corrected chi connectivity index (χ2v) is 7.55. The van der Waals surface area contributed by atoms with Crippen LogP contribution in [0.5, 0.6) is 11.5 Å². The van der Waals surface area contributed by atoms with Crippen molar-refractivity contribution >= 4 is 19.0 Å². The standard InChI is InChI=1S/C22H22BN5O/c23-27-11-5-7-17(14-27)28-22-20(13-24-15-25-22)21(26-28)16-6-4-10-19(12-16)29-18-8-2-1-3-9-18/h1-4,6,8-10,12-13,15,17H,5,7,11,14,23H2. The first-order valence-corrected chi connectivity index (χ1v) is 9.98. The van der Waals surface area contributed by atoms with Crippen LogP contribution in [0, 0.1) is 0 Å². The van der Waals surface area contributed by atoms with Gasteiger partial charge < -0.3 is 9.55 Å². The highest BCUT2D eigenvalue weighted by atomic mass is 16.5. The average Bonchev–Trinajstić information content (AvgIpc) is 3.15. The van der Waals surface area contributed by atoms with Crippen LogP contribution in [0.15, 0.2) is 67.1 Å². The van der Waals surface area contributed by atoms with E-state index in [0.717, 1.165) is 53.3 Å². The van der Waals surface area contributed by atoms with Crippen molar-refractivity contribution in [2.45, 2.75) is 18.9 Å². The summed E-state index contributed by atoms with van der Waals surface area (Å²) in [7, 11) is 2.16. The summed E-state index contributed by atoms with van der Waals surface area (Å²) in [5.74, 6) is 1.60. The summed E-state index contributed by atoms with van der Waals surface area (Å²) in [6.45, 7) is 2.12. The molecule has 0 aliphatic carbocycles. The molecule has 2 aromatic heterocycles. The van der Waals surface area contributed by atoms with E-state index in [4.69, 9.17) is 9.84 Å². The molecule has 1 atom stereocenters. The number of hydrogen-bond acceptors (Lipinski definition) is 5. The molecular weight excluding hydrogens is 361 g/mol. The van der Waals surface area contributed by atoms with Crippen molar-refractivity contribution in [2.75, 3.05) is 13.1 Å². The van der Waals surface area contributed by atoms with Crippen molar-refractivity contribution in [3.8, 4) is 22.8 Å². The van der Waals surface area contributed by atoms with Crippen molar-refractivity contribution in [3.05, 3.63) is 67.1 Å². The lowest BCUT2D eigenvalue weighted by atomic mass is 10.0. The minimum Gasteiger partial charge on any atom is -0.457 e. The lowest BCUT2D eigenvalue weighted by Gasteiger charge is -2.30. The lowest BCUT2D eigenvalue weighted by molar-refractivity contribution is 0.265. The minimum atomic E-state index is 0.323. The molecule has 1 fully saturated rings. The van der Waals surface area contributed by atoms with E-state index >= 15 is 0 Å². The molecule has 0 N–H and O–H groups in total. The van der Waals surface area contributed by atoms with E-state index in [1.165, 1.54) is 6.42 Å². The quantitative estimate of drug-likeness (QED) is 0.505. The molecule has 2 aromatic carbocycles. The molecule has 0 radical (unpaired) electrons. The molecule has 1 unspecified atom stereocenters. The molecule has 0 spiro atoms. The number of piperidine rings is 1. The third-order valence-corrected chi connectivity index (χ3v) is 5.40. The van der Waals surface area contributed by atoms with Crippen LogP contribution in [-0.2, 0) is 0 Å². The summed E-state index contributed by atoms with van der Waals surface area (Å²) < 4.78 is 8.11. The van der Waals surface area contributed by atoms with Crippen LogP contribution in [0.1, 0.15) is 18.9 Å². The van der Waals surface area contributed by atoms with E-state index in [9.17, 15) is 0 Å². The second-order valence-electron chi connectivity index (χ2n) is 7.55. The molecule has 0 amide bonds. The number of para-hydroxylation sites is 1. The Balaban J connectivity index is 1.54. The number of rotatable bonds is 4. The smallest absolute Gasteiger partial charge is 0.185 e. The largest absolute Gasteiger partial charge is 0.457 e. The Kier molecular flexibility index (Phi) is 4.73. The van der Waals surface area contributed by atoms with E-state index in [-0.39, 0.29) is 0 Å². The maximum absolute atomic E-state index is 6.02. The van der Waals surface area contributed by atoms with Crippen molar-refractivity contribution in [1.29, 1.82) is 0 Å². The van der Waals surface area contributed by atoms with Crippen LogP contribution >= 0.6 is 0 Å². The van der Waals surface area contributed by atoms with Gasteiger partial charge in [0.2, 0.25) is 0 Å². The van der Waals surface area contributed by atoms with Crippen LogP contribution in [-0.4, -0.2) is 45.6 Å². The van der Waals surface area contributed by atoms with Gasteiger partial charge in [-0.05, 0) is 43.7 Å². The molecule has 1 aliphatic rings. The number of ether oxygens (including phenoxy) is 1. The van der Waals surface area contributed by atoms with E-state index in [0.29, 0.717) is 6.04 Å². The van der Waals surface area contributed by atoms with Gasteiger partial charge in [0.25, 0.3) is 0 Å². The van der Waals surface area contributed by atoms with Gasteiger partial charge in [-0.1, -0.05) is 30.3 Å². The summed E-state index contributed by atoms with van der Waals surface area (Å²) in [4.78, 5) is 11.2. The Morgan fingerprint density at radius 3 is 2.76 bits per heavy atom. The van der Waals surface area contributed by atoms with E-state index in [1.807, 2.05) is 54.7 Å². The van der Waals surface area contributed by atoms with Crippen molar-refractivity contribution in [2.24, 2.45) is 0 Å². The van der Waals surface area contributed by atoms with Crippen LogP contribution in [0.4, 0.5) is 0 Å². The van der Waals surface area contributed by atoms with Crippen molar-refractivity contribution in [3.63, 3.8) is 0 Å². The number of nitrogens with zero attached hydrogens (tertiary/aromatic N) is 5. The fourth-order valence-corrected chi connectivity index (χ4v) is 4.02. The molecule has 6 nitrogen and oxygen atoms in total. The Labute approximate surface area is 170 Å². The highest BCUT2D eigenvalue weighted by Crippen LogP contribution is 2.33. The summed E-state index contributed by atoms with van der Waals surface area (Å²) in [5.41, 5.74) is 2.79. The highest BCUT2D eigenvalue weighted by Gasteiger charge is 2.24. The molecule has 7 heteroatoms. The fourth-order valence-electron chi connectivity index (χ4n) is 4.02. The molecule has 144 valence electrons. The molecule has 29 heavy (non-hydrogen) atoms. The maximum Gasteiger partial charge on any atom is 0.185 e. The minimum absolute atomic E-state index is 0.323. The molecule has 1 aliphatic heterocycles. The number of benzene rings is 2. The number of aromatic nitrogens is 4. The summed E-state index contributed by atoms with van der Waals surface area (Å²) >= 11 is 0. The molecule has 5 rings (SSSR count). The van der Waals surface area contributed by atoms with Crippen LogP contribution in [0.3, 0.4) is 0 Å². The van der Waals surface area contributed by atoms with Gasteiger partial charge >= 0.3 is 0 Å². The van der Waals surface area contributed by atoms with Crippen LogP contribution in [0.25, 0.3) is 22.3 Å². The van der Waals surface area contributed by atoms with Gasteiger partial charge in [-0.15, -0.1) is 0 Å². The van der Waals surface area contributed by atoms with Crippen LogP contribution in [0.2, 0.25) is 0 Å². The van der Waals surface area contributed by atoms with Gasteiger partial charge in [0.1, 0.15) is 23.5 Å². The zero-order valence-corrected chi connectivity index (χ0v) is 16.4. The molecule has 0 bridgehead atoms. The summed E-state index contributed by atoms with van der Waals surface area (Å²) in [5, 5.41) is 5.97. The lowest BCUT2D eigenvalue weighted by Crippen LogP contribution is -2.35. The third-order valence-electron chi connectivity index (χ3n) is 5.40. The number of fused-ring (bicyclic) bond motifs is 1. The Morgan fingerprint density at radius 2 is 1.90 bits per heavy atom. The molecular formula is C22H22BN5O. The van der Waals surface area contributed by atoms with Crippen molar-refractivity contribution < 1.29 is 4.74 Å². The predicted molar refractivity (Wildman–Crippen MR) is 116 cm³/mol. The van der Waals surface area contributed by atoms with E-state index in [1.54, 1.807) is 6.33 Å². The molecule has 3 heterocycles. The zero-order valence-electron chi connectivity index (χ0n) is 16.4. The Morgan fingerprint density at radius 1 is 1.03 bits per heavy atom. The van der Waals surface area contributed by atoms with Gasteiger partial charge in [0, 0.05) is 18.3 Å². The Hall–Kier alpha value is -3.19. The zero-order chi connectivity index (χ0) is 19.6. The highest BCUT2D eigenvalue weighted by molar-refractivity contribution is 6.04. The van der Waals surface area contributed by atoms with Gasteiger partial charge in [-0.25, -0.2) is 14.6 Å². The Bertz CT molecular complexity index is 1130. The summed E-state index contributed by atoms with van der Waals surface area (Å²) in [6.07, 6.45) is 5.75. The van der Waals surface area contributed by atoms with E-state index in [2.05, 4.69) is 33.5 Å². The first-order chi connectivity index (χ1) is 14.3. The average molecular weight is 383 g/mol. The van der Waals surface area contributed by atoms with E-state index < -0.39 is 0 Å². The predicted octanol–water partition coefficient (Wildman–Crippen LogP) is 3.47. The topological polar surface area (TPSA) is 56.1 Å².